The van der Waals surface area contributed by atoms with E-state index in [4.69, 9.17) is 4.74 Å². The van der Waals surface area contributed by atoms with Gasteiger partial charge >= 0.3 is 12.1 Å². The van der Waals surface area contributed by atoms with Crippen molar-refractivity contribution in [1.82, 2.24) is 4.90 Å². The molecule has 6 nitrogen and oxygen atoms in total. The summed E-state index contributed by atoms with van der Waals surface area (Å²) < 4.78 is 9.85. The molecule has 1 aliphatic rings. The number of hydrogen-bond donors (Lipinski definition) is 1. The van der Waals surface area contributed by atoms with Crippen LogP contribution in [-0.4, -0.2) is 54.0 Å². The molecule has 1 heterocycles. The van der Waals surface area contributed by atoms with Crippen LogP contribution in [0.2, 0.25) is 0 Å². The van der Waals surface area contributed by atoms with Gasteiger partial charge in [-0.1, -0.05) is 13.8 Å². The fraction of sp³-hybridized carbons (Fsp3) is 0.857. The summed E-state index contributed by atoms with van der Waals surface area (Å²) in [5.74, 6) is -0.909. The van der Waals surface area contributed by atoms with E-state index >= 15 is 0 Å². The van der Waals surface area contributed by atoms with E-state index in [1.165, 1.54) is 12.0 Å². The smallest absolute Gasteiger partial charge is 0.410 e. The minimum absolute atomic E-state index is 0.183. The Morgan fingerprint density at radius 2 is 1.75 bits per heavy atom. The summed E-state index contributed by atoms with van der Waals surface area (Å²) >= 11 is 0. The molecular formula is C14H27NO5. The van der Waals surface area contributed by atoms with Crippen LogP contribution in [0.4, 0.5) is 4.79 Å². The Hall–Kier alpha value is -1.30. The summed E-state index contributed by atoms with van der Waals surface area (Å²) in [6.45, 7) is 9.70. The van der Waals surface area contributed by atoms with Gasteiger partial charge < -0.3 is 19.5 Å². The lowest BCUT2D eigenvalue weighted by molar-refractivity contribution is -0.149. The predicted molar refractivity (Wildman–Crippen MR) is 75.3 cm³/mol. The van der Waals surface area contributed by atoms with E-state index < -0.39 is 29.7 Å². The van der Waals surface area contributed by atoms with Crippen molar-refractivity contribution >= 4 is 12.1 Å². The topological polar surface area (TPSA) is 76.1 Å². The number of likely N-dealkylation sites (tertiary alicyclic amines) is 1. The van der Waals surface area contributed by atoms with Crippen LogP contribution in [0, 0.1) is 5.92 Å². The summed E-state index contributed by atoms with van der Waals surface area (Å²) in [5.41, 5.74) is -0.597. The molecule has 118 valence electrons. The summed E-state index contributed by atoms with van der Waals surface area (Å²) in [6, 6.07) is 0. The third-order valence-electron chi connectivity index (χ3n) is 2.61. The monoisotopic (exact) mass is 289 g/mol. The van der Waals surface area contributed by atoms with E-state index in [0.29, 0.717) is 6.42 Å². The summed E-state index contributed by atoms with van der Waals surface area (Å²) in [6.07, 6.45) is -0.933. The molecule has 0 aromatic rings. The number of aliphatic hydroxyl groups excluding tert-OH is 1. The van der Waals surface area contributed by atoms with Gasteiger partial charge in [0.2, 0.25) is 0 Å². The van der Waals surface area contributed by atoms with E-state index in [2.05, 4.69) is 4.74 Å². The Bertz CT molecular complexity index is 324. The van der Waals surface area contributed by atoms with Crippen molar-refractivity contribution in [1.29, 1.82) is 0 Å². The zero-order chi connectivity index (χ0) is 15.9. The van der Waals surface area contributed by atoms with E-state index in [1.54, 1.807) is 20.8 Å². The van der Waals surface area contributed by atoms with Crippen LogP contribution >= 0.6 is 0 Å². The van der Waals surface area contributed by atoms with Gasteiger partial charge in [0, 0.05) is 13.1 Å². The maximum Gasteiger partial charge on any atom is 0.410 e. The quantitative estimate of drug-likeness (QED) is 0.745. The Kier molecular flexibility index (Phi) is 7.57. The molecule has 0 radical (unpaired) electrons. The molecule has 0 aromatic heterocycles. The molecule has 1 rings (SSSR count). The highest BCUT2D eigenvalue weighted by Crippen LogP contribution is 2.20. The lowest BCUT2D eigenvalue weighted by atomic mass is 9.96. The van der Waals surface area contributed by atoms with Crippen LogP contribution in [0.1, 0.15) is 41.0 Å². The molecule has 1 amide bonds. The minimum Gasteiger partial charge on any atom is -0.469 e. The first-order chi connectivity index (χ1) is 9.23. The molecule has 0 aromatic carbocycles. The van der Waals surface area contributed by atoms with Gasteiger partial charge in [0.25, 0.3) is 0 Å². The first-order valence-corrected chi connectivity index (χ1v) is 6.96. The summed E-state index contributed by atoms with van der Waals surface area (Å²) in [7, 11) is 1.29. The van der Waals surface area contributed by atoms with E-state index in [9.17, 15) is 14.7 Å². The zero-order valence-corrected chi connectivity index (χ0v) is 13.3. The minimum atomic E-state index is -0.727. The standard InChI is InChI=1S/C12H21NO5.C2H6/c1-12(2,3)18-11(16)13-6-8(10(15)17-4)5-9(14)7-13;1-2/h8-9,14H,5-7H2,1-4H3;1-2H3. The number of piperidine rings is 1. The molecule has 2 atom stereocenters. The number of methoxy groups -OCH3 is 1. The number of nitrogens with zero attached hydrogens (tertiary/aromatic N) is 1. The van der Waals surface area contributed by atoms with Crippen molar-refractivity contribution in [3.63, 3.8) is 0 Å². The first-order valence-electron chi connectivity index (χ1n) is 6.96. The molecule has 0 saturated carbocycles. The van der Waals surface area contributed by atoms with Crippen molar-refractivity contribution in [3.8, 4) is 0 Å². The lowest BCUT2D eigenvalue weighted by Gasteiger charge is -2.35. The SMILES string of the molecule is CC.COC(=O)C1CC(O)CN(C(=O)OC(C)(C)C)C1. The predicted octanol–water partition coefficient (Wildman–Crippen LogP) is 1.80. The lowest BCUT2D eigenvalue weighted by Crippen LogP contribution is -2.49. The summed E-state index contributed by atoms with van der Waals surface area (Å²) in [4.78, 5) is 24.7. The number of aliphatic hydroxyl groups is 1. The van der Waals surface area contributed by atoms with Crippen LogP contribution in [0.25, 0.3) is 0 Å². The van der Waals surface area contributed by atoms with Crippen molar-refractivity contribution in [2.24, 2.45) is 5.92 Å². The highest BCUT2D eigenvalue weighted by Gasteiger charge is 2.35. The maximum atomic E-state index is 11.9. The number of esters is 1. The number of hydrogen-bond acceptors (Lipinski definition) is 5. The van der Waals surface area contributed by atoms with E-state index in [-0.39, 0.29) is 13.1 Å². The van der Waals surface area contributed by atoms with Gasteiger partial charge in [-0.3, -0.25) is 4.79 Å². The average Bonchev–Trinajstić information content (AvgIpc) is 2.37. The zero-order valence-electron chi connectivity index (χ0n) is 13.3. The molecule has 2 unspecified atom stereocenters. The second-order valence-electron chi connectivity index (χ2n) is 5.49. The van der Waals surface area contributed by atoms with Crippen LogP contribution in [0.5, 0.6) is 0 Å². The van der Waals surface area contributed by atoms with Crippen LogP contribution in [0.15, 0.2) is 0 Å². The molecular weight excluding hydrogens is 262 g/mol. The van der Waals surface area contributed by atoms with Crippen molar-refractivity contribution in [2.45, 2.75) is 52.7 Å². The third kappa shape index (κ3) is 6.23. The molecule has 0 spiro atoms. The molecule has 1 saturated heterocycles. The fourth-order valence-electron chi connectivity index (χ4n) is 1.89. The van der Waals surface area contributed by atoms with Gasteiger partial charge in [-0.25, -0.2) is 4.79 Å². The number of carbonyl (C=O) groups is 2. The molecule has 1 aliphatic heterocycles. The van der Waals surface area contributed by atoms with Crippen LogP contribution < -0.4 is 0 Å². The Labute approximate surface area is 121 Å². The number of ether oxygens (including phenoxy) is 2. The van der Waals surface area contributed by atoms with Gasteiger partial charge in [-0.15, -0.1) is 0 Å². The van der Waals surface area contributed by atoms with Gasteiger partial charge in [0.15, 0.2) is 0 Å². The van der Waals surface area contributed by atoms with Crippen LogP contribution in [-0.2, 0) is 14.3 Å². The van der Waals surface area contributed by atoms with Gasteiger partial charge in [0.1, 0.15) is 5.60 Å². The Balaban J connectivity index is 0.00000172. The Morgan fingerprint density at radius 1 is 1.20 bits per heavy atom. The Morgan fingerprint density at radius 3 is 2.20 bits per heavy atom. The highest BCUT2D eigenvalue weighted by molar-refractivity contribution is 5.75. The number of rotatable bonds is 1. The number of β-amino-alcohol motifs (C(OH)–C–C–N with tert-alkyl or cyclic N) is 1. The third-order valence-corrected chi connectivity index (χ3v) is 2.61. The second-order valence-corrected chi connectivity index (χ2v) is 5.49. The maximum absolute atomic E-state index is 11.9. The first kappa shape index (κ1) is 18.7. The highest BCUT2D eigenvalue weighted by atomic mass is 16.6. The van der Waals surface area contributed by atoms with Crippen molar-refractivity contribution in [2.75, 3.05) is 20.2 Å². The van der Waals surface area contributed by atoms with E-state index in [0.717, 1.165) is 0 Å². The molecule has 20 heavy (non-hydrogen) atoms. The van der Waals surface area contributed by atoms with Gasteiger partial charge in [0.05, 0.1) is 19.1 Å². The molecule has 6 heteroatoms. The number of carbonyl (C=O) groups excluding carboxylic acids is 2. The summed E-state index contributed by atoms with van der Waals surface area (Å²) in [5, 5.41) is 9.68. The normalized spacial score (nSPS) is 22.4. The molecule has 1 N–H and O–H groups in total. The van der Waals surface area contributed by atoms with Gasteiger partial charge in [-0.2, -0.15) is 0 Å². The van der Waals surface area contributed by atoms with Crippen molar-refractivity contribution in [3.05, 3.63) is 0 Å². The largest absolute Gasteiger partial charge is 0.469 e. The van der Waals surface area contributed by atoms with Crippen LogP contribution in [0.3, 0.4) is 0 Å². The fourth-order valence-corrected chi connectivity index (χ4v) is 1.89. The average molecular weight is 289 g/mol. The van der Waals surface area contributed by atoms with E-state index in [1.807, 2.05) is 13.8 Å². The second kappa shape index (κ2) is 8.09. The van der Waals surface area contributed by atoms with Crippen molar-refractivity contribution < 1.29 is 24.2 Å². The number of amides is 1. The van der Waals surface area contributed by atoms with Gasteiger partial charge in [-0.05, 0) is 27.2 Å². The molecule has 0 bridgehead atoms. The molecule has 0 aliphatic carbocycles. The molecule has 1 fully saturated rings.